The van der Waals surface area contributed by atoms with Crippen molar-refractivity contribution < 1.29 is 26.4 Å². The van der Waals surface area contributed by atoms with E-state index in [1.807, 2.05) is 0 Å². The van der Waals surface area contributed by atoms with E-state index in [4.69, 9.17) is 23.2 Å². The molecule has 0 atom stereocenters. The summed E-state index contributed by atoms with van der Waals surface area (Å²) in [7, 11) is -3.92. The number of nitrogens with zero attached hydrogens (tertiary/aromatic N) is 1. The fourth-order valence-electron chi connectivity index (χ4n) is 3.20. The average molecular weight is 481 g/mol. The molecule has 2 aromatic rings. The first-order chi connectivity index (χ1) is 14.0. The molecule has 1 amide bonds. The zero-order chi connectivity index (χ0) is 22.1. The van der Waals surface area contributed by atoms with E-state index in [1.54, 1.807) is 6.07 Å². The lowest BCUT2D eigenvalue weighted by molar-refractivity contribution is -0.137. The number of nitrogens with one attached hydrogen (secondary N) is 1. The Morgan fingerprint density at radius 2 is 1.53 bits per heavy atom. The number of hydrogen-bond acceptors (Lipinski definition) is 3. The Hall–Kier alpha value is -1.81. The highest BCUT2D eigenvalue weighted by atomic mass is 35.5. The van der Waals surface area contributed by atoms with Crippen molar-refractivity contribution >= 4 is 44.8 Å². The van der Waals surface area contributed by atoms with E-state index < -0.39 is 27.7 Å². The minimum absolute atomic E-state index is 0.0182. The molecule has 30 heavy (non-hydrogen) atoms. The van der Waals surface area contributed by atoms with Crippen molar-refractivity contribution in [3.8, 4) is 0 Å². The van der Waals surface area contributed by atoms with Gasteiger partial charge in [0.1, 0.15) is 4.90 Å². The number of carbonyl (C=O) groups is 1. The van der Waals surface area contributed by atoms with Gasteiger partial charge in [-0.25, -0.2) is 8.42 Å². The Morgan fingerprint density at radius 3 is 2.03 bits per heavy atom. The SMILES string of the molecule is O=C(Nc1ccc(C(F)(F)F)cc1)C1CCN(S(=O)(=O)c2c(Cl)cccc2Cl)CC1. The summed E-state index contributed by atoms with van der Waals surface area (Å²) in [6.45, 7) is 0.184. The topological polar surface area (TPSA) is 66.5 Å². The van der Waals surface area contributed by atoms with Gasteiger partial charge >= 0.3 is 6.18 Å². The van der Waals surface area contributed by atoms with Crippen LogP contribution in [0, 0.1) is 5.92 Å². The number of halogens is 5. The van der Waals surface area contributed by atoms with Crippen molar-refractivity contribution in [2.45, 2.75) is 23.9 Å². The highest BCUT2D eigenvalue weighted by molar-refractivity contribution is 7.89. The summed E-state index contributed by atoms with van der Waals surface area (Å²) >= 11 is 12.0. The van der Waals surface area contributed by atoms with Crippen molar-refractivity contribution in [2.24, 2.45) is 5.92 Å². The third-order valence-electron chi connectivity index (χ3n) is 4.82. The van der Waals surface area contributed by atoms with Gasteiger partial charge in [-0.1, -0.05) is 29.3 Å². The Labute approximate surface area is 181 Å². The number of piperidine rings is 1. The van der Waals surface area contributed by atoms with Crippen LogP contribution in [0.25, 0.3) is 0 Å². The second kappa shape index (κ2) is 8.74. The first-order valence-corrected chi connectivity index (χ1v) is 11.1. The average Bonchev–Trinajstić information content (AvgIpc) is 2.67. The van der Waals surface area contributed by atoms with Crippen LogP contribution in [-0.4, -0.2) is 31.7 Å². The second-order valence-electron chi connectivity index (χ2n) is 6.79. The van der Waals surface area contributed by atoms with Crippen LogP contribution in [0.5, 0.6) is 0 Å². The molecule has 2 aromatic carbocycles. The zero-order valence-electron chi connectivity index (χ0n) is 15.4. The summed E-state index contributed by atoms with van der Waals surface area (Å²) in [5, 5.41) is 2.61. The summed E-state index contributed by atoms with van der Waals surface area (Å²) in [5.41, 5.74) is -0.567. The van der Waals surface area contributed by atoms with Gasteiger partial charge in [-0.05, 0) is 49.2 Å². The second-order valence-corrected chi connectivity index (χ2v) is 9.48. The van der Waals surface area contributed by atoms with E-state index in [0.29, 0.717) is 0 Å². The summed E-state index contributed by atoms with van der Waals surface area (Å²) in [4.78, 5) is 12.3. The zero-order valence-corrected chi connectivity index (χ0v) is 17.7. The Balaban J connectivity index is 1.63. The molecule has 0 aliphatic carbocycles. The summed E-state index contributed by atoms with van der Waals surface area (Å²) in [6.07, 6.45) is -3.94. The number of carbonyl (C=O) groups excluding carboxylic acids is 1. The fourth-order valence-corrected chi connectivity index (χ4v) is 5.76. The van der Waals surface area contributed by atoms with Crippen LogP contribution in [0.2, 0.25) is 10.0 Å². The lowest BCUT2D eigenvalue weighted by Gasteiger charge is -2.31. The molecule has 0 unspecified atom stereocenters. The minimum atomic E-state index is -4.45. The van der Waals surface area contributed by atoms with E-state index >= 15 is 0 Å². The smallest absolute Gasteiger partial charge is 0.326 e. The molecule has 0 saturated carbocycles. The van der Waals surface area contributed by atoms with Gasteiger partial charge in [0.15, 0.2) is 0 Å². The summed E-state index contributed by atoms with van der Waals surface area (Å²) < 4.78 is 64.8. The molecule has 0 aromatic heterocycles. The Kier molecular flexibility index (Phi) is 6.66. The first-order valence-electron chi connectivity index (χ1n) is 8.92. The molecule has 1 N–H and O–H groups in total. The number of benzene rings is 2. The van der Waals surface area contributed by atoms with E-state index in [-0.39, 0.29) is 52.5 Å². The standard InChI is InChI=1S/C19H17Cl2F3N2O3S/c20-15-2-1-3-16(21)17(15)30(28,29)26-10-8-12(9-11-26)18(27)25-14-6-4-13(5-7-14)19(22,23)24/h1-7,12H,8-11H2,(H,25,27). The van der Waals surface area contributed by atoms with Gasteiger partial charge in [0.25, 0.3) is 0 Å². The highest BCUT2D eigenvalue weighted by Gasteiger charge is 2.34. The molecule has 3 rings (SSSR count). The van der Waals surface area contributed by atoms with E-state index in [2.05, 4.69) is 5.32 Å². The molecule has 11 heteroatoms. The van der Waals surface area contributed by atoms with Crippen LogP contribution in [-0.2, 0) is 21.0 Å². The van der Waals surface area contributed by atoms with Crippen LogP contribution < -0.4 is 5.32 Å². The van der Waals surface area contributed by atoms with Crippen LogP contribution >= 0.6 is 23.2 Å². The Bertz CT molecular complexity index is 1020. The van der Waals surface area contributed by atoms with Crippen molar-refractivity contribution in [1.82, 2.24) is 4.31 Å². The quantitative estimate of drug-likeness (QED) is 0.665. The van der Waals surface area contributed by atoms with E-state index in [1.165, 1.54) is 28.6 Å². The van der Waals surface area contributed by atoms with Gasteiger partial charge in [-0.15, -0.1) is 0 Å². The summed E-state index contributed by atoms with van der Waals surface area (Å²) in [6, 6.07) is 8.55. The normalized spacial score (nSPS) is 16.4. The van der Waals surface area contributed by atoms with E-state index in [0.717, 1.165) is 12.1 Å². The number of rotatable bonds is 4. The molecule has 1 aliphatic rings. The molecular formula is C19H17Cl2F3N2O3S. The Morgan fingerprint density at radius 1 is 1.00 bits per heavy atom. The first kappa shape index (κ1) is 22.9. The largest absolute Gasteiger partial charge is 0.416 e. The van der Waals surface area contributed by atoms with Crippen molar-refractivity contribution in [1.29, 1.82) is 0 Å². The molecule has 0 bridgehead atoms. The van der Waals surface area contributed by atoms with Gasteiger partial charge in [0.05, 0.1) is 15.6 Å². The minimum Gasteiger partial charge on any atom is -0.326 e. The van der Waals surface area contributed by atoms with Crippen LogP contribution in [0.15, 0.2) is 47.4 Å². The number of anilines is 1. The van der Waals surface area contributed by atoms with Crippen molar-refractivity contribution in [2.75, 3.05) is 18.4 Å². The highest BCUT2D eigenvalue weighted by Crippen LogP contribution is 2.34. The van der Waals surface area contributed by atoms with Crippen LogP contribution in [0.1, 0.15) is 18.4 Å². The molecular weight excluding hydrogens is 464 g/mol. The molecule has 1 heterocycles. The van der Waals surface area contributed by atoms with Gasteiger partial charge in [-0.2, -0.15) is 17.5 Å². The van der Waals surface area contributed by atoms with Crippen LogP contribution in [0.3, 0.4) is 0 Å². The number of alkyl halides is 3. The maximum atomic E-state index is 12.9. The monoisotopic (exact) mass is 480 g/mol. The summed E-state index contributed by atoms with van der Waals surface area (Å²) in [5.74, 6) is -0.844. The van der Waals surface area contributed by atoms with Gasteiger partial charge in [0.2, 0.25) is 15.9 Å². The lowest BCUT2D eigenvalue weighted by atomic mass is 9.97. The van der Waals surface area contributed by atoms with E-state index in [9.17, 15) is 26.4 Å². The fraction of sp³-hybridized carbons (Fsp3) is 0.316. The number of sulfonamides is 1. The third kappa shape index (κ3) is 4.91. The van der Waals surface area contributed by atoms with Crippen molar-refractivity contribution in [3.05, 3.63) is 58.1 Å². The molecule has 162 valence electrons. The third-order valence-corrected chi connectivity index (χ3v) is 7.68. The number of amides is 1. The molecule has 0 spiro atoms. The van der Waals surface area contributed by atoms with Gasteiger partial charge in [0, 0.05) is 24.7 Å². The predicted molar refractivity (Wildman–Crippen MR) is 108 cm³/mol. The lowest BCUT2D eigenvalue weighted by Crippen LogP contribution is -2.41. The maximum absolute atomic E-state index is 12.9. The van der Waals surface area contributed by atoms with Crippen LogP contribution in [0.4, 0.5) is 18.9 Å². The predicted octanol–water partition coefficient (Wildman–Crippen LogP) is 5.05. The molecule has 0 radical (unpaired) electrons. The molecule has 1 fully saturated rings. The van der Waals surface area contributed by atoms with Gasteiger partial charge < -0.3 is 5.32 Å². The molecule has 5 nitrogen and oxygen atoms in total. The molecule has 1 saturated heterocycles. The van der Waals surface area contributed by atoms with Gasteiger partial charge in [-0.3, -0.25) is 4.79 Å². The number of hydrogen-bond donors (Lipinski definition) is 1. The molecule has 1 aliphatic heterocycles. The van der Waals surface area contributed by atoms with Crippen molar-refractivity contribution in [3.63, 3.8) is 0 Å². The maximum Gasteiger partial charge on any atom is 0.416 e.